The molecule has 0 aromatic rings. The summed E-state index contributed by atoms with van der Waals surface area (Å²) in [5.74, 6) is -1.44. The first-order valence-corrected chi connectivity index (χ1v) is 6.21. The number of ether oxygens (including phenoxy) is 1. The number of aliphatic hydroxyl groups is 1. The van der Waals surface area contributed by atoms with Gasteiger partial charge in [0.2, 0.25) is 10.0 Å². The smallest absolute Gasteiger partial charge is 0.322 e. The third kappa shape index (κ3) is 7.29. The zero-order valence-corrected chi connectivity index (χ0v) is 9.71. The molecule has 0 spiro atoms. The lowest BCUT2D eigenvalue weighted by Crippen LogP contribution is -2.33. The monoisotopic (exact) mass is 239 g/mol. The molecule has 15 heavy (non-hydrogen) atoms. The quantitative estimate of drug-likeness (QED) is 0.561. The Labute approximate surface area is 89.7 Å². The lowest BCUT2D eigenvalue weighted by Gasteiger charge is -2.10. The number of hydrogen-bond donors (Lipinski definition) is 2. The minimum absolute atomic E-state index is 0.0138. The van der Waals surface area contributed by atoms with Crippen LogP contribution < -0.4 is 4.72 Å². The van der Waals surface area contributed by atoms with Crippen LogP contribution in [-0.2, 0) is 19.6 Å². The van der Waals surface area contributed by atoms with Crippen molar-refractivity contribution in [2.45, 2.75) is 13.3 Å². The maximum Gasteiger partial charge on any atom is 0.322 e. The average Bonchev–Trinajstić information content (AvgIpc) is 2.15. The Morgan fingerprint density at radius 3 is 2.60 bits per heavy atom. The van der Waals surface area contributed by atoms with E-state index in [-0.39, 0.29) is 19.1 Å². The number of methoxy groups -OCH3 is 1. The third-order valence-electron chi connectivity index (χ3n) is 1.81. The highest BCUT2D eigenvalue weighted by molar-refractivity contribution is 7.90. The van der Waals surface area contributed by atoms with E-state index >= 15 is 0 Å². The van der Waals surface area contributed by atoms with E-state index in [1.807, 2.05) is 0 Å². The standard InChI is InChI=1S/C8H17NO5S/c1-7(3-4-10)5-9-15(12,13)6-8(11)14-2/h7,9-10H,3-6H2,1-2H3. The minimum atomic E-state index is -3.61. The van der Waals surface area contributed by atoms with E-state index in [4.69, 9.17) is 5.11 Å². The van der Waals surface area contributed by atoms with Gasteiger partial charge in [-0.2, -0.15) is 0 Å². The van der Waals surface area contributed by atoms with Gasteiger partial charge in [-0.3, -0.25) is 4.79 Å². The zero-order chi connectivity index (χ0) is 11.9. The number of carbonyl (C=O) groups is 1. The van der Waals surface area contributed by atoms with Crippen LogP contribution in [0.1, 0.15) is 13.3 Å². The molecule has 0 saturated carbocycles. The van der Waals surface area contributed by atoms with Crippen LogP contribution >= 0.6 is 0 Å². The fraction of sp³-hybridized carbons (Fsp3) is 0.875. The molecule has 0 aromatic carbocycles. The first kappa shape index (κ1) is 14.3. The minimum Gasteiger partial charge on any atom is -0.468 e. The SMILES string of the molecule is COC(=O)CS(=O)(=O)NCC(C)CCO. The highest BCUT2D eigenvalue weighted by atomic mass is 32.2. The molecule has 1 atom stereocenters. The van der Waals surface area contributed by atoms with Crippen molar-refractivity contribution in [3.63, 3.8) is 0 Å². The number of nitrogens with one attached hydrogen (secondary N) is 1. The second kappa shape index (κ2) is 6.76. The van der Waals surface area contributed by atoms with E-state index in [2.05, 4.69) is 9.46 Å². The number of esters is 1. The first-order valence-electron chi connectivity index (χ1n) is 4.56. The molecule has 2 N–H and O–H groups in total. The van der Waals surface area contributed by atoms with Crippen molar-refractivity contribution in [3.05, 3.63) is 0 Å². The summed E-state index contributed by atoms with van der Waals surface area (Å²) in [5, 5.41) is 8.60. The molecule has 0 bridgehead atoms. The second-order valence-electron chi connectivity index (χ2n) is 3.30. The molecule has 0 aliphatic heterocycles. The van der Waals surface area contributed by atoms with Crippen LogP contribution in [0.2, 0.25) is 0 Å². The molecule has 0 saturated heterocycles. The number of aliphatic hydroxyl groups excluding tert-OH is 1. The number of rotatable bonds is 7. The molecule has 0 fully saturated rings. The second-order valence-corrected chi connectivity index (χ2v) is 5.11. The number of carbonyl (C=O) groups excluding carboxylic acids is 1. The summed E-state index contributed by atoms with van der Waals surface area (Å²) in [4.78, 5) is 10.7. The van der Waals surface area contributed by atoms with Crippen molar-refractivity contribution >= 4 is 16.0 Å². The Morgan fingerprint density at radius 2 is 2.13 bits per heavy atom. The summed E-state index contributed by atoms with van der Waals surface area (Å²) in [6.07, 6.45) is 0.515. The summed E-state index contributed by atoms with van der Waals surface area (Å²) in [7, 11) is -2.48. The molecular formula is C8H17NO5S. The summed E-state index contributed by atoms with van der Waals surface area (Å²) in [6, 6.07) is 0. The average molecular weight is 239 g/mol. The molecule has 0 rings (SSSR count). The van der Waals surface area contributed by atoms with Crippen molar-refractivity contribution in [1.82, 2.24) is 4.72 Å². The molecular weight excluding hydrogens is 222 g/mol. The van der Waals surface area contributed by atoms with E-state index in [1.165, 1.54) is 0 Å². The maximum absolute atomic E-state index is 11.2. The van der Waals surface area contributed by atoms with E-state index < -0.39 is 21.7 Å². The molecule has 0 heterocycles. The molecule has 0 radical (unpaired) electrons. The maximum atomic E-state index is 11.2. The predicted octanol–water partition coefficient (Wildman–Crippen LogP) is -0.903. The lowest BCUT2D eigenvalue weighted by molar-refractivity contribution is -0.137. The van der Waals surface area contributed by atoms with Gasteiger partial charge in [-0.25, -0.2) is 13.1 Å². The number of hydrogen-bond acceptors (Lipinski definition) is 5. The molecule has 0 aromatic heterocycles. The summed E-state index contributed by atoms with van der Waals surface area (Å²) in [5.41, 5.74) is 0. The van der Waals surface area contributed by atoms with Gasteiger partial charge in [0.25, 0.3) is 0 Å². The first-order chi connectivity index (χ1) is 6.91. The van der Waals surface area contributed by atoms with Gasteiger partial charge in [-0.05, 0) is 12.3 Å². The Balaban J connectivity index is 3.99. The molecule has 6 nitrogen and oxygen atoms in total. The van der Waals surface area contributed by atoms with Crippen LogP contribution in [0.4, 0.5) is 0 Å². The number of sulfonamides is 1. The van der Waals surface area contributed by atoms with Crippen LogP contribution in [-0.4, -0.2) is 45.5 Å². The molecule has 0 aliphatic carbocycles. The van der Waals surface area contributed by atoms with Crippen molar-refractivity contribution < 1.29 is 23.1 Å². The van der Waals surface area contributed by atoms with Crippen molar-refractivity contribution in [3.8, 4) is 0 Å². The fourth-order valence-corrected chi connectivity index (χ4v) is 1.93. The van der Waals surface area contributed by atoms with Crippen molar-refractivity contribution in [1.29, 1.82) is 0 Å². The highest BCUT2D eigenvalue weighted by Crippen LogP contribution is 1.99. The molecule has 0 amide bonds. The van der Waals surface area contributed by atoms with Gasteiger partial charge in [0, 0.05) is 13.2 Å². The third-order valence-corrected chi connectivity index (χ3v) is 3.03. The topological polar surface area (TPSA) is 92.7 Å². The van der Waals surface area contributed by atoms with Crippen LogP contribution in [0.5, 0.6) is 0 Å². The van der Waals surface area contributed by atoms with Gasteiger partial charge in [0.1, 0.15) is 0 Å². The lowest BCUT2D eigenvalue weighted by atomic mass is 10.1. The van der Waals surface area contributed by atoms with Crippen LogP contribution in [0, 0.1) is 5.92 Å². The van der Waals surface area contributed by atoms with Gasteiger partial charge < -0.3 is 9.84 Å². The Hall–Kier alpha value is -0.660. The summed E-state index contributed by atoms with van der Waals surface area (Å²) in [6.45, 7) is 2.02. The summed E-state index contributed by atoms with van der Waals surface area (Å²) < 4.78 is 29.0. The van der Waals surface area contributed by atoms with E-state index in [9.17, 15) is 13.2 Å². The Morgan fingerprint density at radius 1 is 1.53 bits per heavy atom. The fourth-order valence-electron chi connectivity index (χ4n) is 0.857. The molecule has 7 heteroatoms. The molecule has 0 aliphatic rings. The van der Waals surface area contributed by atoms with Gasteiger partial charge in [0.05, 0.1) is 7.11 Å². The molecule has 1 unspecified atom stereocenters. The van der Waals surface area contributed by atoms with Crippen molar-refractivity contribution in [2.24, 2.45) is 5.92 Å². The van der Waals surface area contributed by atoms with E-state index in [0.717, 1.165) is 7.11 Å². The normalized spacial score (nSPS) is 13.5. The predicted molar refractivity (Wildman–Crippen MR) is 54.7 cm³/mol. The van der Waals surface area contributed by atoms with Gasteiger partial charge >= 0.3 is 5.97 Å². The van der Waals surface area contributed by atoms with Crippen molar-refractivity contribution in [2.75, 3.05) is 26.0 Å². The molecule has 90 valence electrons. The zero-order valence-electron chi connectivity index (χ0n) is 8.89. The Bertz CT molecular complexity index is 287. The van der Waals surface area contributed by atoms with Gasteiger partial charge in [0.15, 0.2) is 5.75 Å². The Kier molecular flexibility index (Phi) is 6.46. The van der Waals surface area contributed by atoms with Gasteiger partial charge in [-0.1, -0.05) is 6.92 Å². The van der Waals surface area contributed by atoms with E-state index in [1.54, 1.807) is 6.92 Å². The van der Waals surface area contributed by atoms with Crippen LogP contribution in [0.3, 0.4) is 0 Å². The largest absolute Gasteiger partial charge is 0.468 e. The van der Waals surface area contributed by atoms with E-state index in [0.29, 0.717) is 6.42 Å². The van der Waals surface area contributed by atoms with Crippen LogP contribution in [0.25, 0.3) is 0 Å². The highest BCUT2D eigenvalue weighted by Gasteiger charge is 2.17. The van der Waals surface area contributed by atoms with Gasteiger partial charge in [-0.15, -0.1) is 0 Å². The summed E-state index contributed by atoms with van der Waals surface area (Å²) >= 11 is 0. The van der Waals surface area contributed by atoms with Crippen LogP contribution in [0.15, 0.2) is 0 Å².